The average Bonchev–Trinajstić information content (AvgIpc) is 2.89. The second-order valence-corrected chi connectivity index (χ2v) is 8.07. The van der Waals surface area contributed by atoms with Gasteiger partial charge < -0.3 is 19.4 Å². The van der Waals surface area contributed by atoms with Crippen molar-refractivity contribution in [1.82, 2.24) is 19.9 Å². The van der Waals surface area contributed by atoms with Crippen molar-refractivity contribution < 1.29 is 17.9 Å². The molecule has 0 saturated carbocycles. The number of nitrogens with zero attached hydrogens (tertiary/aromatic N) is 7. The van der Waals surface area contributed by atoms with Crippen molar-refractivity contribution in [2.75, 3.05) is 67.2 Å². The lowest BCUT2D eigenvalue weighted by Crippen LogP contribution is -2.48. The van der Waals surface area contributed by atoms with E-state index in [9.17, 15) is 13.2 Å². The van der Waals surface area contributed by atoms with Crippen LogP contribution in [0.4, 0.5) is 30.9 Å². The number of alkyl halides is 3. The molecule has 5 rings (SSSR count). The molecule has 0 spiro atoms. The van der Waals surface area contributed by atoms with E-state index in [0.29, 0.717) is 70.2 Å². The Kier molecular flexibility index (Phi) is 6.18. The van der Waals surface area contributed by atoms with Crippen LogP contribution in [-0.2, 0) is 10.9 Å². The molecular weight excluding hydrogens is 447 g/mol. The van der Waals surface area contributed by atoms with Gasteiger partial charge in [0.15, 0.2) is 5.82 Å². The summed E-state index contributed by atoms with van der Waals surface area (Å²) in [7, 11) is 0. The van der Waals surface area contributed by atoms with Crippen LogP contribution in [-0.4, -0.2) is 72.4 Å². The average molecular weight is 471 g/mol. The molecule has 2 saturated heterocycles. The van der Waals surface area contributed by atoms with Crippen LogP contribution in [0, 0.1) is 0 Å². The predicted molar refractivity (Wildman–Crippen MR) is 122 cm³/mol. The second kappa shape index (κ2) is 9.41. The van der Waals surface area contributed by atoms with Crippen LogP contribution in [0.15, 0.2) is 48.7 Å². The number of anilines is 3. The lowest BCUT2D eigenvalue weighted by Gasteiger charge is -2.36. The third-order valence-corrected chi connectivity index (χ3v) is 5.89. The van der Waals surface area contributed by atoms with Gasteiger partial charge in [-0.3, -0.25) is 0 Å². The van der Waals surface area contributed by atoms with Crippen LogP contribution in [0.1, 0.15) is 5.56 Å². The first kappa shape index (κ1) is 22.3. The van der Waals surface area contributed by atoms with Gasteiger partial charge in [-0.25, -0.2) is 4.98 Å². The summed E-state index contributed by atoms with van der Waals surface area (Å²) in [5, 5.41) is 0. The highest BCUT2D eigenvalue weighted by Gasteiger charge is 2.36. The Balaban J connectivity index is 1.40. The normalized spacial score (nSPS) is 17.2. The Morgan fingerprint density at radius 2 is 1.32 bits per heavy atom. The van der Waals surface area contributed by atoms with Crippen molar-refractivity contribution in [3.8, 4) is 11.4 Å². The van der Waals surface area contributed by atoms with Gasteiger partial charge in [0.25, 0.3) is 0 Å². The monoisotopic (exact) mass is 471 g/mol. The number of halogens is 3. The van der Waals surface area contributed by atoms with Gasteiger partial charge >= 0.3 is 6.18 Å². The fourth-order valence-corrected chi connectivity index (χ4v) is 4.10. The lowest BCUT2D eigenvalue weighted by molar-refractivity contribution is -0.137. The molecule has 2 fully saturated rings. The number of benzene rings is 1. The van der Waals surface area contributed by atoms with Gasteiger partial charge in [0, 0.05) is 51.0 Å². The van der Waals surface area contributed by atoms with E-state index in [0.717, 1.165) is 11.6 Å². The summed E-state index contributed by atoms with van der Waals surface area (Å²) < 4.78 is 45.8. The van der Waals surface area contributed by atoms with Gasteiger partial charge in [-0.2, -0.15) is 28.1 Å². The number of rotatable bonds is 4. The summed E-state index contributed by atoms with van der Waals surface area (Å²) in [5.74, 6) is 1.63. The molecule has 1 aromatic carbocycles. The first-order chi connectivity index (χ1) is 16.5. The number of aromatic nitrogens is 4. The number of morpholine rings is 1. The lowest BCUT2D eigenvalue weighted by atomic mass is 10.2. The maximum Gasteiger partial charge on any atom is 0.419 e. The summed E-state index contributed by atoms with van der Waals surface area (Å²) in [6, 6.07) is 12.1. The quantitative estimate of drug-likeness (QED) is 0.575. The zero-order chi connectivity index (χ0) is 23.5. The number of hydrogen-bond acceptors (Lipinski definition) is 8. The van der Waals surface area contributed by atoms with Crippen LogP contribution in [0.5, 0.6) is 0 Å². The molecule has 2 aliphatic heterocycles. The van der Waals surface area contributed by atoms with E-state index < -0.39 is 11.7 Å². The zero-order valence-corrected chi connectivity index (χ0v) is 18.4. The molecule has 4 heterocycles. The van der Waals surface area contributed by atoms with Crippen LogP contribution in [0.25, 0.3) is 11.4 Å². The molecule has 0 bridgehead atoms. The molecule has 3 aromatic rings. The van der Waals surface area contributed by atoms with E-state index in [-0.39, 0.29) is 5.82 Å². The molecule has 178 valence electrons. The number of hydrogen-bond donors (Lipinski definition) is 0. The first-order valence-electron chi connectivity index (χ1n) is 11.2. The summed E-state index contributed by atoms with van der Waals surface area (Å²) in [4.78, 5) is 23.9. The fraction of sp³-hybridized carbons (Fsp3) is 0.391. The van der Waals surface area contributed by atoms with Crippen LogP contribution in [0.3, 0.4) is 0 Å². The molecule has 11 heteroatoms. The molecular formula is C23H24F3N7O. The van der Waals surface area contributed by atoms with Gasteiger partial charge in [-0.1, -0.05) is 30.3 Å². The Labute approximate surface area is 195 Å². The molecule has 8 nitrogen and oxygen atoms in total. The Morgan fingerprint density at radius 3 is 1.97 bits per heavy atom. The largest absolute Gasteiger partial charge is 0.419 e. The highest BCUT2D eigenvalue weighted by molar-refractivity contribution is 5.59. The van der Waals surface area contributed by atoms with Crippen molar-refractivity contribution in [2.24, 2.45) is 0 Å². The van der Waals surface area contributed by atoms with Crippen LogP contribution >= 0.6 is 0 Å². The van der Waals surface area contributed by atoms with E-state index in [2.05, 4.69) is 9.88 Å². The van der Waals surface area contributed by atoms with Gasteiger partial charge in [0.1, 0.15) is 5.82 Å². The van der Waals surface area contributed by atoms with Gasteiger partial charge in [0.05, 0.1) is 18.8 Å². The van der Waals surface area contributed by atoms with E-state index >= 15 is 0 Å². The molecule has 2 aliphatic rings. The molecule has 0 radical (unpaired) electrons. The van der Waals surface area contributed by atoms with Crippen molar-refractivity contribution in [2.45, 2.75) is 6.18 Å². The SMILES string of the molecule is FC(F)(F)c1cccnc1N1CCN(c2nc(-c3ccccc3)nc(N3CCOCC3)n2)CC1. The summed E-state index contributed by atoms with van der Waals surface area (Å²) in [6.45, 7) is 4.26. The zero-order valence-electron chi connectivity index (χ0n) is 18.4. The van der Waals surface area contributed by atoms with Gasteiger partial charge in [-0.05, 0) is 12.1 Å². The minimum atomic E-state index is -4.45. The minimum absolute atomic E-state index is 0.0377. The molecule has 0 amide bonds. The second-order valence-electron chi connectivity index (χ2n) is 8.07. The fourth-order valence-electron chi connectivity index (χ4n) is 4.10. The highest BCUT2D eigenvalue weighted by atomic mass is 19.4. The molecule has 0 aliphatic carbocycles. The smallest absolute Gasteiger partial charge is 0.378 e. The van der Waals surface area contributed by atoms with E-state index in [1.54, 1.807) is 4.90 Å². The molecule has 2 aromatic heterocycles. The molecule has 0 atom stereocenters. The Morgan fingerprint density at radius 1 is 0.706 bits per heavy atom. The molecule has 34 heavy (non-hydrogen) atoms. The molecule has 0 unspecified atom stereocenters. The summed E-state index contributed by atoms with van der Waals surface area (Å²) in [6.07, 6.45) is -3.06. The summed E-state index contributed by atoms with van der Waals surface area (Å²) >= 11 is 0. The molecule has 0 N–H and O–H groups in total. The van der Waals surface area contributed by atoms with Crippen LogP contribution in [0.2, 0.25) is 0 Å². The minimum Gasteiger partial charge on any atom is -0.378 e. The Hall–Kier alpha value is -3.47. The van der Waals surface area contributed by atoms with Crippen molar-refractivity contribution in [3.63, 3.8) is 0 Å². The summed E-state index contributed by atoms with van der Waals surface area (Å²) in [5.41, 5.74) is 0.159. The van der Waals surface area contributed by atoms with E-state index in [1.807, 2.05) is 35.2 Å². The first-order valence-corrected chi connectivity index (χ1v) is 11.2. The van der Waals surface area contributed by atoms with Gasteiger partial charge in [0.2, 0.25) is 11.9 Å². The van der Waals surface area contributed by atoms with Crippen molar-refractivity contribution >= 4 is 17.7 Å². The number of piperazine rings is 1. The topological polar surface area (TPSA) is 70.5 Å². The Bertz CT molecular complexity index is 1120. The number of pyridine rings is 1. The maximum atomic E-state index is 13.5. The number of ether oxygens (including phenoxy) is 1. The van der Waals surface area contributed by atoms with E-state index in [1.165, 1.54) is 12.3 Å². The predicted octanol–water partition coefficient (Wildman–Crippen LogP) is 3.12. The van der Waals surface area contributed by atoms with E-state index in [4.69, 9.17) is 19.7 Å². The van der Waals surface area contributed by atoms with Gasteiger partial charge in [-0.15, -0.1) is 0 Å². The maximum absolute atomic E-state index is 13.5. The standard InChI is InChI=1S/C23H24F3N7O/c24-23(25,26)18-7-4-8-27-20(18)31-9-11-32(12-10-31)21-28-19(17-5-2-1-3-6-17)29-22(30-21)33-13-15-34-16-14-33/h1-8H,9-16H2. The van der Waals surface area contributed by atoms with Crippen LogP contribution < -0.4 is 14.7 Å². The third kappa shape index (κ3) is 4.74. The van der Waals surface area contributed by atoms with Crippen molar-refractivity contribution in [1.29, 1.82) is 0 Å². The third-order valence-electron chi connectivity index (χ3n) is 5.89. The van der Waals surface area contributed by atoms with Crippen molar-refractivity contribution in [3.05, 3.63) is 54.2 Å². The highest BCUT2D eigenvalue weighted by Crippen LogP contribution is 2.35.